The van der Waals surface area contributed by atoms with Gasteiger partial charge in [-0.3, -0.25) is 4.98 Å². The number of ether oxygens (including phenoxy) is 1. The van der Waals surface area contributed by atoms with Gasteiger partial charge in [0.15, 0.2) is 11.3 Å². The summed E-state index contributed by atoms with van der Waals surface area (Å²) in [6.07, 6.45) is 0. The van der Waals surface area contributed by atoms with Crippen LogP contribution in [0.25, 0.3) is 16.8 Å². The number of nitrogens with zero attached hydrogens (tertiary/aromatic N) is 4. The number of halogens is 2. The van der Waals surface area contributed by atoms with Gasteiger partial charge in [-0.1, -0.05) is 23.7 Å². The van der Waals surface area contributed by atoms with Crippen molar-refractivity contribution in [2.24, 2.45) is 0 Å². The molecule has 0 saturated heterocycles. The van der Waals surface area contributed by atoms with Crippen molar-refractivity contribution in [1.82, 2.24) is 19.6 Å². The van der Waals surface area contributed by atoms with E-state index in [9.17, 15) is 14.4 Å². The number of alkyl halides is 1. The van der Waals surface area contributed by atoms with Gasteiger partial charge in [0.25, 0.3) is 6.01 Å². The molecule has 0 bridgehead atoms. The van der Waals surface area contributed by atoms with E-state index >= 15 is 0 Å². The molecule has 0 radical (unpaired) electrons. The fourth-order valence-corrected chi connectivity index (χ4v) is 2.21. The minimum absolute atomic E-state index is 0.0352. The molecule has 2 aromatic heterocycles. The van der Waals surface area contributed by atoms with Crippen LogP contribution in [0, 0.1) is 11.3 Å². The summed E-state index contributed by atoms with van der Waals surface area (Å²) in [5, 5.41) is 13.7. The second-order valence-corrected chi connectivity index (χ2v) is 4.90. The van der Waals surface area contributed by atoms with Gasteiger partial charge >= 0.3 is 5.69 Å². The zero-order valence-corrected chi connectivity index (χ0v) is 12.3. The van der Waals surface area contributed by atoms with E-state index in [4.69, 9.17) is 16.3 Å². The first-order valence-electron chi connectivity index (χ1n) is 6.52. The summed E-state index contributed by atoms with van der Waals surface area (Å²) in [5.41, 5.74) is 0.533. The Morgan fingerprint density at radius 2 is 2.13 bits per heavy atom. The van der Waals surface area contributed by atoms with Gasteiger partial charge in [-0.2, -0.15) is 19.9 Å². The summed E-state index contributed by atoms with van der Waals surface area (Å²) in [5.74, 6) is 0. The van der Waals surface area contributed by atoms with Gasteiger partial charge in [0.1, 0.15) is 19.4 Å². The monoisotopic (exact) mass is 333 g/mol. The average molecular weight is 334 g/mol. The molecule has 0 fully saturated rings. The fraction of sp³-hybridized carbons (Fsp3) is 0.143. The third kappa shape index (κ3) is 2.74. The second kappa shape index (κ2) is 6.06. The molecule has 3 rings (SSSR count). The molecule has 0 saturated carbocycles. The van der Waals surface area contributed by atoms with Crippen LogP contribution in [0.2, 0.25) is 5.02 Å². The summed E-state index contributed by atoms with van der Waals surface area (Å²) in [6, 6.07) is 8.46. The van der Waals surface area contributed by atoms with E-state index in [1.165, 1.54) is 0 Å². The van der Waals surface area contributed by atoms with E-state index in [1.807, 2.05) is 6.07 Å². The predicted octanol–water partition coefficient (Wildman–Crippen LogP) is 1.96. The first-order chi connectivity index (χ1) is 11.1. The van der Waals surface area contributed by atoms with Gasteiger partial charge in [-0.05, 0) is 17.7 Å². The van der Waals surface area contributed by atoms with Crippen LogP contribution < -0.4 is 10.4 Å². The molecule has 1 N–H and O–H groups in total. The Morgan fingerprint density at radius 3 is 2.78 bits per heavy atom. The van der Waals surface area contributed by atoms with Crippen molar-refractivity contribution in [3.05, 3.63) is 45.5 Å². The Hall–Kier alpha value is -2.92. The molecule has 0 aliphatic rings. The Balaban J connectivity index is 2.26. The van der Waals surface area contributed by atoms with E-state index in [0.717, 1.165) is 4.52 Å². The van der Waals surface area contributed by atoms with Gasteiger partial charge < -0.3 is 4.74 Å². The summed E-state index contributed by atoms with van der Waals surface area (Å²) < 4.78 is 18.2. The van der Waals surface area contributed by atoms with Gasteiger partial charge in [-0.15, -0.1) is 0 Å². The minimum Gasteiger partial charge on any atom is -0.462 e. The van der Waals surface area contributed by atoms with Crippen LogP contribution in [0.5, 0.6) is 6.01 Å². The van der Waals surface area contributed by atoms with Crippen molar-refractivity contribution >= 4 is 17.2 Å². The van der Waals surface area contributed by atoms with Crippen LogP contribution in [-0.2, 0) is 0 Å². The number of hydrogen-bond acceptors (Lipinski definition) is 5. The maximum Gasteiger partial charge on any atom is 0.352 e. The Kier molecular flexibility index (Phi) is 3.95. The highest BCUT2D eigenvalue weighted by Crippen LogP contribution is 2.28. The SMILES string of the molecule is N#Cc1nn2c(=O)[nH]c(OCCF)nc2c1-c1ccc(Cl)cc1. The van der Waals surface area contributed by atoms with Crippen LogP contribution >= 0.6 is 11.6 Å². The average Bonchev–Trinajstić information content (AvgIpc) is 2.93. The van der Waals surface area contributed by atoms with Crippen LogP contribution in [0.3, 0.4) is 0 Å². The molecule has 0 atom stereocenters. The number of fused-ring (bicyclic) bond motifs is 1. The van der Waals surface area contributed by atoms with Crippen molar-refractivity contribution < 1.29 is 9.13 Å². The molecule has 23 heavy (non-hydrogen) atoms. The molecule has 1 aromatic carbocycles. The topological polar surface area (TPSA) is 96.1 Å². The Labute approximate surface area is 133 Å². The van der Waals surface area contributed by atoms with Crippen LogP contribution in [0.1, 0.15) is 5.69 Å². The zero-order valence-electron chi connectivity index (χ0n) is 11.6. The number of H-pyrrole nitrogens is 1. The van der Waals surface area contributed by atoms with Crippen molar-refractivity contribution in [2.75, 3.05) is 13.3 Å². The molecule has 0 aliphatic heterocycles. The predicted molar refractivity (Wildman–Crippen MR) is 80.2 cm³/mol. The van der Waals surface area contributed by atoms with Crippen LogP contribution in [0.15, 0.2) is 29.1 Å². The van der Waals surface area contributed by atoms with Crippen molar-refractivity contribution in [3.63, 3.8) is 0 Å². The van der Waals surface area contributed by atoms with Crippen molar-refractivity contribution in [1.29, 1.82) is 5.26 Å². The quantitative estimate of drug-likeness (QED) is 0.787. The van der Waals surface area contributed by atoms with Crippen molar-refractivity contribution in [3.8, 4) is 23.2 Å². The van der Waals surface area contributed by atoms with Gasteiger partial charge in [0.05, 0.1) is 5.56 Å². The molecule has 0 aliphatic carbocycles. The van der Waals surface area contributed by atoms with E-state index in [-0.39, 0.29) is 24.0 Å². The number of nitriles is 1. The van der Waals surface area contributed by atoms with E-state index in [1.54, 1.807) is 24.3 Å². The lowest BCUT2D eigenvalue weighted by Gasteiger charge is -2.03. The van der Waals surface area contributed by atoms with Crippen molar-refractivity contribution in [2.45, 2.75) is 0 Å². The standard InChI is InChI=1S/C14H9ClFN5O2/c15-9-3-1-8(2-4-9)11-10(7-17)20-21-12(11)18-13(19-14(21)22)23-6-5-16/h1-4H,5-6H2,(H,18,19,22). The minimum atomic E-state index is -0.721. The number of nitrogens with one attached hydrogen (secondary N) is 1. The van der Waals surface area contributed by atoms with Crippen LogP contribution in [-0.4, -0.2) is 32.9 Å². The molecule has 116 valence electrons. The van der Waals surface area contributed by atoms with Gasteiger partial charge in [0, 0.05) is 5.02 Å². The smallest absolute Gasteiger partial charge is 0.352 e. The summed E-state index contributed by atoms with van der Waals surface area (Å²) in [6.45, 7) is -0.962. The largest absolute Gasteiger partial charge is 0.462 e. The highest BCUT2D eigenvalue weighted by Gasteiger charge is 2.19. The lowest BCUT2D eigenvalue weighted by atomic mass is 10.1. The molecule has 0 unspecified atom stereocenters. The lowest BCUT2D eigenvalue weighted by Crippen LogP contribution is -2.20. The number of aromatic nitrogens is 4. The van der Waals surface area contributed by atoms with E-state index < -0.39 is 12.4 Å². The lowest BCUT2D eigenvalue weighted by molar-refractivity contribution is 0.254. The second-order valence-electron chi connectivity index (χ2n) is 4.46. The number of benzene rings is 1. The first kappa shape index (κ1) is 15.0. The fourth-order valence-electron chi connectivity index (χ4n) is 2.09. The highest BCUT2D eigenvalue weighted by molar-refractivity contribution is 6.30. The molecular weight excluding hydrogens is 325 g/mol. The Bertz CT molecular complexity index is 958. The molecule has 0 spiro atoms. The van der Waals surface area contributed by atoms with Gasteiger partial charge in [0.2, 0.25) is 0 Å². The summed E-state index contributed by atoms with van der Waals surface area (Å²) >= 11 is 5.86. The molecule has 3 aromatic rings. The third-order valence-electron chi connectivity index (χ3n) is 3.03. The van der Waals surface area contributed by atoms with E-state index in [0.29, 0.717) is 16.1 Å². The Morgan fingerprint density at radius 1 is 1.39 bits per heavy atom. The summed E-state index contributed by atoms with van der Waals surface area (Å²) in [4.78, 5) is 18.5. The molecular formula is C14H9ClFN5O2. The summed E-state index contributed by atoms with van der Waals surface area (Å²) in [7, 11) is 0. The van der Waals surface area contributed by atoms with E-state index in [2.05, 4.69) is 15.1 Å². The molecule has 2 heterocycles. The number of hydrogen-bond donors (Lipinski definition) is 1. The van der Waals surface area contributed by atoms with Gasteiger partial charge in [-0.25, -0.2) is 9.18 Å². The normalized spacial score (nSPS) is 10.7. The molecule has 7 nitrogen and oxygen atoms in total. The maximum atomic E-state index is 12.2. The van der Waals surface area contributed by atoms with Crippen LogP contribution in [0.4, 0.5) is 4.39 Å². The maximum absolute atomic E-state index is 12.2. The number of aromatic amines is 1. The zero-order chi connectivity index (χ0) is 16.4. The first-order valence-corrected chi connectivity index (χ1v) is 6.89. The number of rotatable bonds is 4. The third-order valence-corrected chi connectivity index (χ3v) is 3.28. The molecule has 9 heteroatoms. The molecule has 0 amide bonds. The highest BCUT2D eigenvalue weighted by atomic mass is 35.5.